The van der Waals surface area contributed by atoms with Gasteiger partial charge >= 0.3 is 6.09 Å². The largest absolute Gasteiger partial charge is 0.464 e. The van der Waals surface area contributed by atoms with Crippen molar-refractivity contribution >= 4 is 32.9 Å². The second kappa shape index (κ2) is 2.85. The van der Waals surface area contributed by atoms with Gasteiger partial charge in [-0.1, -0.05) is 0 Å². The summed E-state index contributed by atoms with van der Waals surface area (Å²) >= 11 is 3.21. The fourth-order valence-electron chi connectivity index (χ4n) is 1.17. The van der Waals surface area contributed by atoms with Crippen LogP contribution in [0.25, 0.3) is 10.9 Å². The maximum atomic E-state index is 10.7. The Bertz CT molecular complexity index is 478. The highest BCUT2D eigenvalue weighted by Crippen LogP contribution is 2.17. The number of hydrogen-bond donors (Lipinski definition) is 1. The molecular formula is C8H5BrN2O2. The first-order valence-corrected chi connectivity index (χ1v) is 4.33. The molecule has 66 valence electrons. The Balaban J connectivity index is 2.76. The van der Waals surface area contributed by atoms with E-state index in [9.17, 15) is 4.79 Å². The van der Waals surface area contributed by atoms with Gasteiger partial charge in [-0.15, -0.1) is 0 Å². The summed E-state index contributed by atoms with van der Waals surface area (Å²) in [5.74, 6) is 0. The lowest BCUT2D eigenvalue weighted by Gasteiger charge is -1.96. The zero-order chi connectivity index (χ0) is 9.42. The third-order valence-electron chi connectivity index (χ3n) is 1.75. The van der Waals surface area contributed by atoms with Gasteiger partial charge in [0.05, 0.1) is 11.7 Å². The molecule has 0 aliphatic carbocycles. The minimum atomic E-state index is -1.00. The molecule has 0 radical (unpaired) electrons. The van der Waals surface area contributed by atoms with Crippen molar-refractivity contribution in [2.45, 2.75) is 0 Å². The van der Waals surface area contributed by atoms with Crippen LogP contribution in [0.15, 0.2) is 29.1 Å². The van der Waals surface area contributed by atoms with Crippen LogP contribution < -0.4 is 0 Å². The van der Waals surface area contributed by atoms with E-state index >= 15 is 0 Å². The predicted molar refractivity (Wildman–Crippen MR) is 50.9 cm³/mol. The molecule has 2 heterocycles. The maximum Gasteiger partial charge on any atom is 0.416 e. The Morgan fingerprint density at radius 3 is 3.08 bits per heavy atom. The quantitative estimate of drug-likeness (QED) is 0.720. The van der Waals surface area contributed by atoms with Crippen LogP contribution >= 0.6 is 15.9 Å². The Hall–Kier alpha value is -1.36. The van der Waals surface area contributed by atoms with Gasteiger partial charge < -0.3 is 5.11 Å². The van der Waals surface area contributed by atoms with Crippen LogP contribution in [-0.2, 0) is 0 Å². The summed E-state index contributed by atoms with van der Waals surface area (Å²) in [6.45, 7) is 0. The number of carbonyl (C=O) groups is 1. The van der Waals surface area contributed by atoms with E-state index in [-0.39, 0.29) is 0 Å². The number of aromatic nitrogens is 2. The molecule has 0 saturated heterocycles. The highest BCUT2D eigenvalue weighted by atomic mass is 79.9. The minimum absolute atomic E-state index is 0.593. The van der Waals surface area contributed by atoms with Gasteiger partial charge in [-0.2, -0.15) is 0 Å². The van der Waals surface area contributed by atoms with Crippen molar-refractivity contribution in [3.8, 4) is 0 Å². The van der Waals surface area contributed by atoms with E-state index in [2.05, 4.69) is 20.9 Å². The number of hydrogen-bond acceptors (Lipinski definition) is 2. The smallest absolute Gasteiger partial charge is 0.416 e. The van der Waals surface area contributed by atoms with Gasteiger partial charge in [-0.3, -0.25) is 4.57 Å². The summed E-state index contributed by atoms with van der Waals surface area (Å²) in [7, 11) is 0. The summed E-state index contributed by atoms with van der Waals surface area (Å²) in [4.78, 5) is 14.6. The van der Waals surface area contributed by atoms with Crippen molar-refractivity contribution in [2.24, 2.45) is 0 Å². The monoisotopic (exact) mass is 240 g/mol. The summed E-state index contributed by atoms with van der Waals surface area (Å²) in [5, 5.41) is 9.62. The summed E-state index contributed by atoms with van der Waals surface area (Å²) in [6, 6.07) is 3.50. The van der Waals surface area contributed by atoms with Crippen LogP contribution in [0.2, 0.25) is 0 Å². The predicted octanol–water partition coefficient (Wildman–Crippen LogP) is 2.32. The van der Waals surface area contributed by atoms with Crippen LogP contribution in [0.3, 0.4) is 0 Å². The highest BCUT2D eigenvalue weighted by Gasteiger charge is 2.06. The van der Waals surface area contributed by atoms with Crippen LogP contribution in [0, 0.1) is 0 Å². The molecule has 13 heavy (non-hydrogen) atoms. The summed E-state index contributed by atoms with van der Waals surface area (Å²) in [6.07, 6.45) is 2.02. The number of carboxylic acid groups (broad SMARTS) is 1. The molecule has 2 rings (SSSR count). The maximum absolute atomic E-state index is 10.7. The van der Waals surface area contributed by atoms with Gasteiger partial charge in [0.25, 0.3) is 0 Å². The van der Waals surface area contributed by atoms with Gasteiger partial charge in [0.2, 0.25) is 0 Å². The first-order chi connectivity index (χ1) is 6.18. The van der Waals surface area contributed by atoms with Crippen molar-refractivity contribution in [1.82, 2.24) is 9.55 Å². The van der Waals surface area contributed by atoms with Crippen LogP contribution in [0.4, 0.5) is 4.79 Å². The summed E-state index contributed by atoms with van der Waals surface area (Å²) < 4.78 is 1.83. The lowest BCUT2D eigenvalue weighted by molar-refractivity contribution is 0.197. The van der Waals surface area contributed by atoms with Crippen molar-refractivity contribution < 1.29 is 9.90 Å². The topological polar surface area (TPSA) is 55.1 Å². The molecule has 4 nitrogen and oxygen atoms in total. The molecular weight excluding hydrogens is 236 g/mol. The molecule has 0 aliphatic rings. The number of rotatable bonds is 0. The number of pyridine rings is 1. The van der Waals surface area contributed by atoms with E-state index in [0.29, 0.717) is 10.1 Å². The van der Waals surface area contributed by atoms with E-state index in [1.807, 2.05) is 0 Å². The number of halogens is 1. The van der Waals surface area contributed by atoms with Crippen LogP contribution in [0.1, 0.15) is 0 Å². The third kappa shape index (κ3) is 1.31. The minimum Gasteiger partial charge on any atom is -0.464 e. The molecule has 0 unspecified atom stereocenters. The first kappa shape index (κ1) is 8.25. The third-order valence-corrected chi connectivity index (χ3v) is 2.18. The van der Waals surface area contributed by atoms with Crippen LogP contribution in [-0.4, -0.2) is 20.8 Å². The normalized spacial score (nSPS) is 10.5. The lowest BCUT2D eigenvalue weighted by Crippen LogP contribution is -2.05. The molecule has 1 N–H and O–H groups in total. The Morgan fingerprint density at radius 1 is 1.62 bits per heavy atom. The molecule has 0 spiro atoms. The van der Waals surface area contributed by atoms with E-state index in [0.717, 1.165) is 9.95 Å². The molecule has 0 saturated carbocycles. The van der Waals surface area contributed by atoms with E-state index in [1.54, 1.807) is 12.1 Å². The second-order valence-corrected chi connectivity index (χ2v) is 3.35. The average molecular weight is 241 g/mol. The summed E-state index contributed by atoms with van der Waals surface area (Å²) in [5.41, 5.74) is 0.593. The Morgan fingerprint density at radius 2 is 2.38 bits per heavy atom. The standard InChI is InChI=1S/C8H5BrN2O2/c9-7-3-5-1-2-11(8(12)13)6(5)4-10-7/h1-4H,(H,12,13). The number of fused-ring (bicyclic) bond motifs is 1. The zero-order valence-electron chi connectivity index (χ0n) is 6.44. The lowest BCUT2D eigenvalue weighted by atomic mass is 10.3. The molecule has 5 heteroatoms. The van der Waals surface area contributed by atoms with Gasteiger partial charge in [0, 0.05) is 11.6 Å². The van der Waals surface area contributed by atoms with Gasteiger partial charge in [0.1, 0.15) is 4.60 Å². The number of nitrogens with zero attached hydrogens (tertiary/aromatic N) is 2. The van der Waals surface area contributed by atoms with E-state index in [1.165, 1.54) is 12.4 Å². The fourth-order valence-corrected chi connectivity index (χ4v) is 1.52. The van der Waals surface area contributed by atoms with E-state index < -0.39 is 6.09 Å². The molecule has 0 amide bonds. The van der Waals surface area contributed by atoms with Crippen molar-refractivity contribution in [2.75, 3.05) is 0 Å². The molecule has 0 aromatic carbocycles. The highest BCUT2D eigenvalue weighted by molar-refractivity contribution is 9.10. The van der Waals surface area contributed by atoms with Crippen molar-refractivity contribution in [3.05, 3.63) is 29.1 Å². The molecule has 0 atom stereocenters. The Kier molecular flexibility index (Phi) is 1.81. The fraction of sp³-hybridized carbons (Fsp3) is 0. The van der Waals surface area contributed by atoms with Crippen molar-refractivity contribution in [1.29, 1.82) is 0 Å². The van der Waals surface area contributed by atoms with E-state index in [4.69, 9.17) is 5.11 Å². The van der Waals surface area contributed by atoms with Crippen molar-refractivity contribution in [3.63, 3.8) is 0 Å². The van der Waals surface area contributed by atoms with Gasteiger partial charge in [-0.05, 0) is 28.1 Å². The molecule has 2 aromatic heterocycles. The molecule has 0 fully saturated rings. The zero-order valence-corrected chi connectivity index (χ0v) is 8.02. The molecule has 2 aromatic rings. The van der Waals surface area contributed by atoms with Gasteiger partial charge in [-0.25, -0.2) is 9.78 Å². The first-order valence-electron chi connectivity index (χ1n) is 3.54. The Labute approximate surface area is 81.9 Å². The SMILES string of the molecule is O=C(O)n1ccc2cc(Br)ncc21. The molecule has 0 bridgehead atoms. The molecule has 0 aliphatic heterocycles. The average Bonchev–Trinajstić information content (AvgIpc) is 2.46. The second-order valence-electron chi connectivity index (χ2n) is 2.53. The van der Waals surface area contributed by atoms with Gasteiger partial charge in [0.15, 0.2) is 0 Å². The van der Waals surface area contributed by atoms with Crippen LogP contribution in [0.5, 0.6) is 0 Å².